The van der Waals surface area contributed by atoms with Gasteiger partial charge in [0.25, 0.3) is 0 Å². The molecule has 0 spiro atoms. The Balaban J connectivity index is 1.91. The number of furan rings is 1. The van der Waals surface area contributed by atoms with Gasteiger partial charge in [0.05, 0.1) is 6.04 Å². The Bertz CT molecular complexity index is 562. The van der Waals surface area contributed by atoms with E-state index in [1.54, 1.807) is 0 Å². The van der Waals surface area contributed by atoms with Gasteiger partial charge >= 0.3 is 0 Å². The molecule has 0 aliphatic carbocycles. The van der Waals surface area contributed by atoms with Crippen molar-refractivity contribution in [2.75, 3.05) is 12.8 Å². The summed E-state index contributed by atoms with van der Waals surface area (Å²) in [5.41, 5.74) is 0.917. The van der Waals surface area contributed by atoms with E-state index in [4.69, 9.17) is 16.0 Å². The lowest BCUT2D eigenvalue weighted by Gasteiger charge is -2.28. The highest BCUT2D eigenvalue weighted by atomic mass is 35.5. The van der Waals surface area contributed by atoms with Crippen LogP contribution in [0.1, 0.15) is 31.1 Å². The molecule has 0 bridgehead atoms. The molecule has 1 aliphatic heterocycles. The van der Waals surface area contributed by atoms with Gasteiger partial charge in [-0.2, -0.15) is 11.8 Å². The second kappa shape index (κ2) is 5.78. The Morgan fingerprint density at radius 3 is 3.00 bits per heavy atom. The van der Waals surface area contributed by atoms with Crippen LogP contribution in [-0.4, -0.2) is 18.1 Å². The maximum Gasteiger partial charge on any atom is 0.134 e. The fourth-order valence-electron chi connectivity index (χ4n) is 2.73. The van der Waals surface area contributed by atoms with Crippen LogP contribution in [0.3, 0.4) is 0 Å². The third-order valence-corrected chi connectivity index (χ3v) is 5.40. The van der Waals surface area contributed by atoms with Crippen molar-refractivity contribution in [2.45, 2.75) is 30.6 Å². The molecule has 0 amide bonds. The van der Waals surface area contributed by atoms with E-state index in [-0.39, 0.29) is 6.04 Å². The Morgan fingerprint density at radius 2 is 2.26 bits per heavy atom. The molecule has 1 saturated heterocycles. The highest BCUT2D eigenvalue weighted by Crippen LogP contribution is 2.36. The van der Waals surface area contributed by atoms with E-state index in [1.165, 1.54) is 25.0 Å². The standard InChI is InChI=1S/C15H18ClNOS/c1-17-15(14-4-2-3-7-19-14)13-9-10-8-11(16)5-6-12(10)18-13/h5-6,8-9,14-15,17H,2-4,7H2,1H3. The molecule has 2 aromatic rings. The molecule has 1 N–H and O–H groups in total. The highest BCUT2D eigenvalue weighted by molar-refractivity contribution is 8.00. The summed E-state index contributed by atoms with van der Waals surface area (Å²) in [7, 11) is 2.01. The van der Waals surface area contributed by atoms with Crippen molar-refractivity contribution >= 4 is 34.3 Å². The molecule has 4 heteroatoms. The lowest BCUT2D eigenvalue weighted by atomic mass is 10.0. The Hall–Kier alpha value is -0.640. The fraction of sp³-hybridized carbons (Fsp3) is 0.467. The number of thioether (sulfide) groups is 1. The molecule has 2 heterocycles. The van der Waals surface area contributed by atoms with Crippen LogP contribution < -0.4 is 5.32 Å². The van der Waals surface area contributed by atoms with E-state index >= 15 is 0 Å². The van der Waals surface area contributed by atoms with Crippen LogP contribution in [0.2, 0.25) is 5.02 Å². The molecule has 2 atom stereocenters. The second-order valence-electron chi connectivity index (χ2n) is 5.00. The van der Waals surface area contributed by atoms with Crippen LogP contribution in [-0.2, 0) is 0 Å². The van der Waals surface area contributed by atoms with Gasteiger partial charge in [-0.05, 0) is 49.9 Å². The van der Waals surface area contributed by atoms with E-state index in [0.717, 1.165) is 21.8 Å². The molecule has 2 nitrogen and oxygen atoms in total. The summed E-state index contributed by atoms with van der Waals surface area (Å²) in [4.78, 5) is 0. The van der Waals surface area contributed by atoms with E-state index < -0.39 is 0 Å². The molecule has 1 fully saturated rings. The van der Waals surface area contributed by atoms with Crippen molar-refractivity contribution in [1.82, 2.24) is 5.32 Å². The van der Waals surface area contributed by atoms with E-state index in [1.807, 2.05) is 25.2 Å². The first-order chi connectivity index (χ1) is 9.28. The monoisotopic (exact) mass is 295 g/mol. The van der Waals surface area contributed by atoms with Crippen LogP contribution in [0.4, 0.5) is 0 Å². The van der Waals surface area contributed by atoms with Crippen molar-refractivity contribution in [3.05, 3.63) is 35.0 Å². The first-order valence-corrected chi connectivity index (χ1v) is 8.18. The van der Waals surface area contributed by atoms with Gasteiger partial charge in [-0.25, -0.2) is 0 Å². The number of rotatable bonds is 3. The molecule has 2 unspecified atom stereocenters. The number of benzene rings is 1. The van der Waals surface area contributed by atoms with Crippen molar-refractivity contribution < 1.29 is 4.42 Å². The van der Waals surface area contributed by atoms with Gasteiger partial charge in [0, 0.05) is 15.7 Å². The van der Waals surface area contributed by atoms with E-state index in [2.05, 4.69) is 23.1 Å². The third-order valence-electron chi connectivity index (χ3n) is 3.70. The number of hydrogen-bond acceptors (Lipinski definition) is 3. The highest BCUT2D eigenvalue weighted by Gasteiger charge is 2.27. The summed E-state index contributed by atoms with van der Waals surface area (Å²) in [6.45, 7) is 0. The van der Waals surface area contributed by atoms with Crippen LogP contribution in [0.25, 0.3) is 11.0 Å². The summed E-state index contributed by atoms with van der Waals surface area (Å²) in [6, 6.07) is 8.20. The molecule has 0 radical (unpaired) electrons. The maximum absolute atomic E-state index is 6.03. The number of nitrogens with one attached hydrogen (secondary N) is 1. The van der Waals surface area contributed by atoms with Gasteiger partial charge in [-0.3, -0.25) is 0 Å². The zero-order valence-corrected chi connectivity index (χ0v) is 12.6. The van der Waals surface area contributed by atoms with Gasteiger partial charge < -0.3 is 9.73 Å². The predicted molar refractivity (Wildman–Crippen MR) is 83.1 cm³/mol. The molecule has 0 saturated carbocycles. The van der Waals surface area contributed by atoms with Crippen molar-refractivity contribution in [3.8, 4) is 0 Å². The van der Waals surface area contributed by atoms with Crippen molar-refractivity contribution in [1.29, 1.82) is 0 Å². The predicted octanol–water partition coefficient (Wildman–Crippen LogP) is 4.63. The molecular weight excluding hydrogens is 278 g/mol. The minimum atomic E-state index is 0.288. The smallest absolute Gasteiger partial charge is 0.134 e. The van der Waals surface area contributed by atoms with Crippen molar-refractivity contribution in [3.63, 3.8) is 0 Å². The SMILES string of the molecule is CNC(c1cc2cc(Cl)ccc2o1)C1CCCCS1. The van der Waals surface area contributed by atoms with Gasteiger partial charge in [0.2, 0.25) is 0 Å². The van der Waals surface area contributed by atoms with Gasteiger partial charge in [-0.15, -0.1) is 0 Å². The fourth-order valence-corrected chi connectivity index (χ4v) is 4.38. The molecule has 1 aromatic carbocycles. The molecule has 1 aliphatic rings. The number of fused-ring (bicyclic) bond motifs is 1. The quantitative estimate of drug-likeness (QED) is 0.893. The average Bonchev–Trinajstić information content (AvgIpc) is 2.83. The van der Waals surface area contributed by atoms with Gasteiger partial charge in [0.1, 0.15) is 11.3 Å². The van der Waals surface area contributed by atoms with Gasteiger partial charge in [-0.1, -0.05) is 18.0 Å². The Kier molecular flexibility index (Phi) is 4.06. The van der Waals surface area contributed by atoms with E-state index in [9.17, 15) is 0 Å². The Labute approximate surface area is 122 Å². The third kappa shape index (κ3) is 2.78. The van der Waals surface area contributed by atoms with Crippen LogP contribution in [0.15, 0.2) is 28.7 Å². The van der Waals surface area contributed by atoms with Crippen LogP contribution in [0, 0.1) is 0 Å². The van der Waals surface area contributed by atoms with Crippen molar-refractivity contribution in [2.24, 2.45) is 0 Å². The minimum absolute atomic E-state index is 0.288. The molecule has 19 heavy (non-hydrogen) atoms. The van der Waals surface area contributed by atoms with Crippen LogP contribution >= 0.6 is 23.4 Å². The maximum atomic E-state index is 6.03. The number of halogens is 1. The number of hydrogen-bond donors (Lipinski definition) is 1. The summed E-state index contributed by atoms with van der Waals surface area (Å²) in [5, 5.41) is 5.87. The lowest BCUT2D eigenvalue weighted by molar-refractivity contribution is 0.424. The summed E-state index contributed by atoms with van der Waals surface area (Å²) >= 11 is 8.08. The topological polar surface area (TPSA) is 25.2 Å². The zero-order valence-electron chi connectivity index (χ0n) is 11.0. The Morgan fingerprint density at radius 1 is 1.37 bits per heavy atom. The normalized spacial score (nSPS) is 21.7. The lowest BCUT2D eigenvalue weighted by Crippen LogP contribution is -2.28. The van der Waals surface area contributed by atoms with E-state index in [0.29, 0.717) is 5.25 Å². The minimum Gasteiger partial charge on any atom is -0.459 e. The molecule has 102 valence electrons. The zero-order chi connectivity index (χ0) is 13.2. The molecular formula is C15H18ClNOS. The van der Waals surface area contributed by atoms with Crippen LogP contribution in [0.5, 0.6) is 0 Å². The van der Waals surface area contributed by atoms with Gasteiger partial charge in [0.15, 0.2) is 0 Å². The first-order valence-electron chi connectivity index (χ1n) is 6.76. The summed E-state index contributed by atoms with van der Waals surface area (Å²) < 4.78 is 5.99. The summed E-state index contributed by atoms with van der Waals surface area (Å²) in [5.74, 6) is 2.29. The largest absolute Gasteiger partial charge is 0.459 e. The average molecular weight is 296 g/mol. The first kappa shape index (κ1) is 13.3. The molecule has 3 rings (SSSR count). The molecule has 1 aromatic heterocycles. The second-order valence-corrected chi connectivity index (χ2v) is 6.79. The summed E-state index contributed by atoms with van der Waals surface area (Å²) in [6.07, 6.45) is 3.92.